The average Bonchev–Trinajstić information content (AvgIpc) is 2.45. The molecule has 0 saturated heterocycles. The Morgan fingerprint density at radius 1 is 0.958 bits per heavy atom. The van der Waals surface area contributed by atoms with Crippen LogP contribution in [0.3, 0.4) is 0 Å². The van der Waals surface area contributed by atoms with E-state index in [0.29, 0.717) is 0 Å². The molecule has 0 spiro atoms. The van der Waals surface area contributed by atoms with Crippen LogP contribution in [0.15, 0.2) is 42.5 Å². The van der Waals surface area contributed by atoms with Crippen molar-refractivity contribution in [3.63, 3.8) is 0 Å². The van der Waals surface area contributed by atoms with Gasteiger partial charge in [0.05, 0.1) is 6.04 Å². The van der Waals surface area contributed by atoms with Crippen molar-refractivity contribution < 1.29 is 30.4 Å². The molecule has 0 saturated carbocycles. The quantitative estimate of drug-likeness (QED) is 0.533. The SMILES string of the molecule is O=S(=O)(NC(c1ccccc1F)c1c(F)cccc1I)C(F)(F)F. The number of rotatable bonds is 4. The second-order valence-corrected chi connectivity index (χ2v) is 7.52. The van der Waals surface area contributed by atoms with Crippen LogP contribution in [0.4, 0.5) is 22.0 Å². The minimum Gasteiger partial charge on any atom is -0.207 e. The summed E-state index contributed by atoms with van der Waals surface area (Å²) in [6, 6.07) is 6.37. The van der Waals surface area contributed by atoms with Crippen LogP contribution < -0.4 is 4.72 Å². The van der Waals surface area contributed by atoms with Gasteiger partial charge in [0.2, 0.25) is 0 Å². The summed E-state index contributed by atoms with van der Waals surface area (Å²) >= 11 is 1.63. The first kappa shape index (κ1) is 19.1. The van der Waals surface area contributed by atoms with Crippen molar-refractivity contribution in [1.82, 2.24) is 4.72 Å². The molecule has 2 aromatic rings. The summed E-state index contributed by atoms with van der Waals surface area (Å²) < 4.78 is 90.6. The highest BCUT2D eigenvalue weighted by molar-refractivity contribution is 14.1. The average molecular weight is 477 g/mol. The Balaban J connectivity index is 2.66. The summed E-state index contributed by atoms with van der Waals surface area (Å²) in [5.41, 5.74) is -6.43. The lowest BCUT2D eigenvalue weighted by Crippen LogP contribution is -2.40. The van der Waals surface area contributed by atoms with Crippen LogP contribution in [0.25, 0.3) is 0 Å². The smallest absolute Gasteiger partial charge is 0.207 e. The van der Waals surface area contributed by atoms with E-state index in [2.05, 4.69) is 0 Å². The zero-order valence-corrected chi connectivity index (χ0v) is 14.6. The molecule has 3 nitrogen and oxygen atoms in total. The van der Waals surface area contributed by atoms with E-state index in [1.54, 1.807) is 22.6 Å². The third-order valence-corrected chi connectivity index (χ3v) is 5.18. The minimum atomic E-state index is -5.83. The summed E-state index contributed by atoms with van der Waals surface area (Å²) in [7, 11) is -5.83. The molecule has 2 rings (SSSR count). The molecule has 1 unspecified atom stereocenters. The molecule has 1 N–H and O–H groups in total. The summed E-state index contributed by atoms with van der Waals surface area (Å²) in [5.74, 6) is -1.92. The number of alkyl halides is 3. The third-order valence-electron chi connectivity index (χ3n) is 3.08. The topological polar surface area (TPSA) is 46.2 Å². The number of hydrogen-bond donors (Lipinski definition) is 1. The first-order valence-corrected chi connectivity index (χ1v) is 8.87. The zero-order chi connectivity index (χ0) is 18.1. The van der Waals surface area contributed by atoms with Crippen LogP contribution in [-0.2, 0) is 10.0 Å². The Labute approximate surface area is 148 Å². The molecule has 0 heterocycles. The number of nitrogens with one attached hydrogen (secondary N) is 1. The van der Waals surface area contributed by atoms with Crippen LogP contribution in [0, 0.1) is 15.2 Å². The van der Waals surface area contributed by atoms with E-state index in [4.69, 9.17) is 0 Å². The first-order chi connectivity index (χ1) is 11.0. The molecule has 2 aromatic carbocycles. The number of sulfonamides is 1. The standard InChI is InChI=1S/C14H9F5INO2S/c15-9-5-2-1-4-8(9)13(21-24(22,23)14(17,18)19)12-10(16)6-3-7-11(12)20/h1-7,13,21H. The van der Waals surface area contributed by atoms with Crippen LogP contribution in [0.5, 0.6) is 0 Å². The predicted octanol–water partition coefficient (Wildman–Crippen LogP) is 4.10. The largest absolute Gasteiger partial charge is 0.511 e. The minimum absolute atomic E-state index is 0.144. The van der Waals surface area contributed by atoms with Gasteiger partial charge in [-0.15, -0.1) is 0 Å². The fraction of sp³-hybridized carbons (Fsp3) is 0.143. The van der Waals surface area contributed by atoms with Gasteiger partial charge in [-0.25, -0.2) is 17.2 Å². The number of benzene rings is 2. The maximum absolute atomic E-state index is 14.1. The first-order valence-electron chi connectivity index (χ1n) is 6.31. The van der Waals surface area contributed by atoms with E-state index < -0.39 is 44.3 Å². The van der Waals surface area contributed by atoms with Crippen molar-refractivity contribution in [3.8, 4) is 0 Å². The van der Waals surface area contributed by atoms with Crippen LogP contribution in [0.2, 0.25) is 0 Å². The van der Waals surface area contributed by atoms with E-state index >= 15 is 0 Å². The highest BCUT2D eigenvalue weighted by Crippen LogP contribution is 2.33. The Kier molecular flexibility index (Phi) is 5.50. The molecule has 1 atom stereocenters. The Hall–Kier alpha value is -1.27. The molecule has 24 heavy (non-hydrogen) atoms. The molecule has 0 aliphatic heterocycles. The highest BCUT2D eigenvalue weighted by Gasteiger charge is 2.47. The van der Waals surface area contributed by atoms with E-state index in [9.17, 15) is 30.4 Å². The fourth-order valence-electron chi connectivity index (χ4n) is 2.00. The van der Waals surface area contributed by atoms with Gasteiger partial charge < -0.3 is 0 Å². The molecule has 0 bridgehead atoms. The molecule has 0 aliphatic carbocycles. The molecule has 0 amide bonds. The van der Waals surface area contributed by atoms with Crippen LogP contribution in [-0.4, -0.2) is 13.9 Å². The molecular formula is C14H9F5INO2S. The molecule has 0 aliphatic rings. The van der Waals surface area contributed by atoms with Gasteiger partial charge in [0.25, 0.3) is 0 Å². The van der Waals surface area contributed by atoms with Crippen molar-refractivity contribution in [1.29, 1.82) is 0 Å². The van der Waals surface area contributed by atoms with Gasteiger partial charge in [-0.05, 0) is 40.8 Å². The summed E-state index contributed by atoms with van der Waals surface area (Å²) in [6.07, 6.45) is 0. The van der Waals surface area contributed by atoms with Gasteiger partial charge in [0, 0.05) is 14.7 Å². The Bertz CT molecular complexity index is 834. The lowest BCUT2D eigenvalue weighted by atomic mass is 9.99. The second-order valence-electron chi connectivity index (χ2n) is 4.66. The summed E-state index contributed by atoms with van der Waals surface area (Å²) in [5, 5.41) is 0. The Morgan fingerprint density at radius 2 is 1.54 bits per heavy atom. The molecule has 0 aromatic heterocycles. The van der Waals surface area contributed by atoms with Crippen molar-refractivity contribution in [2.75, 3.05) is 0 Å². The number of hydrogen-bond acceptors (Lipinski definition) is 2. The van der Waals surface area contributed by atoms with Crippen molar-refractivity contribution in [2.24, 2.45) is 0 Å². The zero-order valence-electron chi connectivity index (χ0n) is 11.6. The summed E-state index contributed by atoms with van der Waals surface area (Å²) in [4.78, 5) is 0. The van der Waals surface area contributed by atoms with Gasteiger partial charge in [0.1, 0.15) is 11.6 Å². The van der Waals surface area contributed by atoms with Crippen LogP contribution in [0.1, 0.15) is 17.2 Å². The highest BCUT2D eigenvalue weighted by atomic mass is 127. The van der Waals surface area contributed by atoms with Gasteiger partial charge in [0.15, 0.2) is 0 Å². The molecule has 0 fully saturated rings. The molecular weight excluding hydrogens is 468 g/mol. The Morgan fingerprint density at radius 3 is 2.08 bits per heavy atom. The lowest BCUT2D eigenvalue weighted by Gasteiger charge is -2.22. The fourth-order valence-corrected chi connectivity index (χ4v) is 3.46. The molecule has 0 radical (unpaired) electrons. The maximum atomic E-state index is 14.1. The van der Waals surface area contributed by atoms with Crippen molar-refractivity contribution in [2.45, 2.75) is 11.6 Å². The van der Waals surface area contributed by atoms with E-state index in [1.165, 1.54) is 29.0 Å². The molecule has 130 valence electrons. The van der Waals surface area contributed by atoms with Gasteiger partial charge in [-0.3, -0.25) is 0 Å². The van der Waals surface area contributed by atoms with E-state index in [0.717, 1.165) is 18.2 Å². The lowest BCUT2D eigenvalue weighted by molar-refractivity contribution is -0.0450. The predicted molar refractivity (Wildman–Crippen MR) is 85.5 cm³/mol. The van der Waals surface area contributed by atoms with Gasteiger partial charge in [-0.2, -0.15) is 17.9 Å². The van der Waals surface area contributed by atoms with Crippen molar-refractivity contribution in [3.05, 3.63) is 68.8 Å². The summed E-state index contributed by atoms with van der Waals surface area (Å²) in [6.45, 7) is 0. The van der Waals surface area contributed by atoms with E-state index in [-0.39, 0.29) is 3.57 Å². The number of halogens is 6. The van der Waals surface area contributed by atoms with Crippen LogP contribution >= 0.6 is 22.6 Å². The monoisotopic (exact) mass is 477 g/mol. The molecule has 10 heteroatoms. The second kappa shape index (κ2) is 6.92. The maximum Gasteiger partial charge on any atom is 0.511 e. The van der Waals surface area contributed by atoms with Gasteiger partial charge in [-0.1, -0.05) is 24.3 Å². The van der Waals surface area contributed by atoms with Crippen molar-refractivity contribution >= 4 is 32.6 Å². The third kappa shape index (κ3) is 3.86. The van der Waals surface area contributed by atoms with Gasteiger partial charge >= 0.3 is 15.5 Å². The normalized spacial score (nSPS) is 13.8. The van der Waals surface area contributed by atoms with E-state index in [1.807, 2.05) is 0 Å².